The molecule has 0 N–H and O–H groups in total. The molecule has 0 aliphatic heterocycles. The first kappa shape index (κ1) is 14.1. The van der Waals surface area contributed by atoms with Crippen molar-refractivity contribution < 1.29 is 14.5 Å². The summed E-state index contributed by atoms with van der Waals surface area (Å²) in [7, 11) is 0. The lowest BCUT2D eigenvalue weighted by Gasteiger charge is -2.16. The van der Waals surface area contributed by atoms with Gasteiger partial charge in [-0.3, -0.25) is 4.79 Å². The second-order valence-corrected chi connectivity index (χ2v) is 4.99. The zero-order chi connectivity index (χ0) is 13.9. The number of rotatable bonds is 4. The van der Waals surface area contributed by atoms with Crippen molar-refractivity contribution in [3.63, 3.8) is 0 Å². The largest absolute Gasteiger partial charge is 0.478 e. The maximum Gasteiger partial charge on any atom is 0.406 e. The SMILES string of the molecule is Cc1ccc(OCC(=O)C(C)(C)C)c([N+](=O)[O-])n1. The van der Waals surface area contributed by atoms with Gasteiger partial charge < -0.3 is 14.9 Å². The molecular weight excluding hydrogens is 236 g/mol. The van der Waals surface area contributed by atoms with Gasteiger partial charge in [-0.15, -0.1) is 0 Å². The van der Waals surface area contributed by atoms with E-state index in [0.29, 0.717) is 5.69 Å². The molecule has 0 unspecified atom stereocenters. The summed E-state index contributed by atoms with van der Waals surface area (Å²) in [4.78, 5) is 25.6. The number of ether oxygens (including phenoxy) is 1. The first-order valence-electron chi connectivity index (χ1n) is 5.50. The number of hydrogen-bond donors (Lipinski definition) is 0. The van der Waals surface area contributed by atoms with Gasteiger partial charge >= 0.3 is 5.82 Å². The van der Waals surface area contributed by atoms with Gasteiger partial charge in [-0.05, 0) is 22.0 Å². The van der Waals surface area contributed by atoms with Crippen LogP contribution in [0.15, 0.2) is 12.1 Å². The lowest BCUT2D eigenvalue weighted by molar-refractivity contribution is -0.390. The number of pyridine rings is 1. The fraction of sp³-hybridized carbons (Fsp3) is 0.500. The minimum atomic E-state index is -0.621. The molecule has 98 valence electrons. The van der Waals surface area contributed by atoms with E-state index in [2.05, 4.69) is 4.98 Å². The van der Waals surface area contributed by atoms with Crippen LogP contribution in [-0.4, -0.2) is 22.3 Å². The average molecular weight is 252 g/mol. The van der Waals surface area contributed by atoms with Crippen molar-refractivity contribution in [3.05, 3.63) is 27.9 Å². The highest BCUT2D eigenvalue weighted by Crippen LogP contribution is 2.25. The lowest BCUT2D eigenvalue weighted by Crippen LogP contribution is -2.26. The van der Waals surface area contributed by atoms with E-state index in [0.717, 1.165) is 0 Å². The third-order valence-electron chi connectivity index (χ3n) is 2.35. The molecule has 1 rings (SSSR count). The number of carbonyl (C=O) groups is 1. The number of ketones is 1. The van der Waals surface area contributed by atoms with Crippen LogP contribution in [0.5, 0.6) is 5.75 Å². The predicted octanol–water partition coefficient (Wildman–Crippen LogP) is 2.29. The van der Waals surface area contributed by atoms with E-state index < -0.39 is 10.3 Å². The molecule has 0 aliphatic carbocycles. The smallest absolute Gasteiger partial charge is 0.406 e. The number of nitro groups is 1. The first-order valence-corrected chi connectivity index (χ1v) is 5.50. The van der Waals surface area contributed by atoms with Gasteiger partial charge in [0, 0.05) is 12.3 Å². The number of nitrogens with zero attached hydrogens (tertiary/aromatic N) is 2. The van der Waals surface area contributed by atoms with Crippen LogP contribution < -0.4 is 4.74 Å². The number of Topliss-reactive ketones (excluding diaryl/α,β-unsaturated/α-hetero) is 1. The van der Waals surface area contributed by atoms with Crippen molar-refractivity contribution >= 4 is 11.6 Å². The van der Waals surface area contributed by atoms with Gasteiger partial charge in [0.2, 0.25) is 5.75 Å². The Hall–Kier alpha value is -1.98. The van der Waals surface area contributed by atoms with Gasteiger partial charge in [0.1, 0.15) is 12.3 Å². The quantitative estimate of drug-likeness (QED) is 0.606. The second-order valence-electron chi connectivity index (χ2n) is 4.99. The topological polar surface area (TPSA) is 82.3 Å². The van der Waals surface area contributed by atoms with E-state index in [1.165, 1.54) is 6.07 Å². The highest BCUT2D eigenvalue weighted by atomic mass is 16.6. The molecule has 0 amide bonds. The van der Waals surface area contributed by atoms with Crippen molar-refractivity contribution in [2.24, 2.45) is 5.41 Å². The molecule has 0 radical (unpaired) electrons. The second kappa shape index (κ2) is 5.12. The molecule has 0 spiro atoms. The van der Waals surface area contributed by atoms with E-state index in [1.807, 2.05) is 0 Å². The Labute approximate surface area is 105 Å². The third kappa shape index (κ3) is 3.51. The normalized spacial score (nSPS) is 11.1. The molecule has 0 bridgehead atoms. The number of aryl methyl sites for hydroxylation is 1. The maximum absolute atomic E-state index is 11.7. The monoisotopic (exact) mass is 252 g/mol. The Morgan fingerprint density at radius 1 is 1.44 bits per heavy atom. The fourth-order valence-electron chi connectivity index (χ4n) is 1.13. The molecule has 18 heavy (non-hydrogen) atoms. The molecule has 0 fully saturated rings. The molecular formula is C12H16N2O4. The maximum atomic E-state index is 11.7. The Kier molecular flexibility index (Phi) is 4.00. The molecule has 6 heteroatoms. The Balaban J connectivity index is 2.86. The number of aromatic nitrogens is 1. The van der Waals surface area contributed by atoms with E-state index in [9.17, 15) is 14.9 Å². The molecule has 0 saturated carbocycles. The van der Waals surface area contributed by atoms with Crippen LogP contribution in [-0.2, 0) is 4.79 Å². The predicted molar refractivity (Wildman–Crippen MR) is 65.6 cm³/mol. The van der Waals surface area contributed by atoms with E-state index >= 15 is 0 Å². The molecule has 1 aromatic rings. The summed E-state index contributed by atoms with van der Waals surface area (Å²) in [5.41, 5.74) is -0.0106. The minimum Gasteiger partial charge on any atom is -0.478 e. The van der Waals surface area contributed by atoms with Crippen molar-refractivity contribution in [3.8, 4) is 5.75 Å². The van der Waals surface area contributed by atoms with E-state index in [-0.39, 0.29) is 24.0 Å². The van der Waals surface area contributed by atoms with Crippen LogP contribution >= 0.6 is 0 Å². The summed E-state index contributed by atoms with van der Waals surface area (Å²) in [5.74, 6) is -0.475. The minimum absolute atomic E-state index is 0.0169. The van der Waals surface area contributed by atoms with E-state index in [4.69, 9.17) is 4.74 Å². The summed E-state index contributed by atoms with van der Waals surface area (Å²) in [5, 5.41) is 10.8. The van der Waals surface area contributed by atoms with Crippen LogP contribution in [0.4, 0.5) is 5.82 Å². The third-order valence-corrected chi connectivity index (χ3v) is 2.35. The van der Waals surface area contributed by atoms with Gasteiger partial charge in [0.25, 0.3) is 0 Å². The van der Waals surface area contributed by atoms with E-state index in [1.54, 1.807) is 33.8 Å². The van der Waals surface area contributed by atoms with Gasteiger partial charge in [-0.2, -0.15) is 0 Å². The Morgan fingerprint density at radius 3 is 2.56 bits per heavy atom. The average Bonchev–Trinajstić information content (AvgIpc) is 2.25. The van der Waals surface area contributed by atoms with Crippen molar-refractivity contribution in [2.45, 2.75) is 27.7 Å². The highest BCUT2D eigenvalue weighted by molar-refractivity contribution is 5.85. The standard InChI is InChI=1S/C12H16N2O4/c1-8-5-6-9(11(13-8)14(16)17)18-7-10(15)12(2,3)4/h5-6H,7H2,1-4H3. The summed E-state index contributed by atoms with van der Waals surface area (Å²) >= 11 is 0. The van der Waals surface area contributed by atoms with Crippen LogP contribution in [0.1, 0.15) is 26.5 Å². The van der Waals surface area contributed by atoms with Gasteiger partial charge in [0.05, 0.1) is 0 Å². The molecule has 0 atom stereocenters. The van der Waals surface area contributed by atoms with Gasteiger partial charge in [-0.25, -0.2) is 0 Å². The lowest BCUT2D eigenvalue weighted by atomic mass is 9.91. The van der Waals surface area contributed by atoms with Crippen LogP contribution in [0.2, 0.25) is 0 Å². The molecule has 0 saturated heterocycles. The number of hydrogen-bond acceptors (Lipinski definition) is 5. The summed E-state index contributed by atoms with van der Waals surface area (Å²) in [6, 6.07) is 3.06. The summed E-state index contributed by atoms with van der Waals surface area (Å²) in [6.45, 7) is 6.74. The van der Waals surface area contributed by atoms with Crippen LogP contribution in [0, 0.1) is 22.5 Å². The molecule has 0 aromatic carbocycles. The summed E-state index contributed by atoms with van der Waals surface area (Å²) in [6.07, 6.45) is 0. The molecule has 6 nitrogen and oxygen atoms in total. The summed E-state index contributed by atoms with van der Waals surface area (Å²) < 4.78 is 5.19. The fourth-order valence-corrected chi connectivity index (χ4v) is 1.13. The van der Waals surface area contributed by atoms with Crippen molar-refractivity contribution in [1.82, 2.24) is 4.98 Å². The molecule has 1 heterocycles. The highest BCUT2D eigenvalue weighted by Gasteiger charge is 2.24. The number of carbonyl (C=O) groups excluding carboxylic acids is 1. The zero-order valence-corrected chi connectivity index (χ0v) is 10.9. The van der Waals surface area contributed by atoms with Gasteiger partial charge in [0.15, 0.2) is 5.78 Å². The van der Waals surface area contributed by atoms with Crippen LogP contribution in [0.25, 0.3) is 0 Å². The first-order chi connectivity index (χ1) is 8.21. The molecule has 1 aromatic heterocycles. The van der Waals surface area contributed by atoms with Crippen molar-refractivity contribution in [1.29, 1.82) is 0 Å². The zero-order valence-electron chi connectivity index (χ0n) is 10.9. The Morgan fingerprint density at radius 2 is 2.06 bits per heavy atom. The van der Waals surface area contributed by atoms with Crippen molar-refractivity contribution in [2.75, 3.05) is 6.61 Å². The molecule has 0 aliphatic rings. The van der Waals surface area contributed by atoms with Gasteiger partial charge in [-0.1, -0.05) is 20.8 Å². The Bertz CT molecular complexity index is 477. The van der Waals surface area contributed by atoms with Crippen LogP contribution in [0.3, 0.4) is 0 Å².